The van der Waals surface area contributed by atoms with Gasteiger partial charge in [-0.05, 0) is 54.6 Å². The van der Waals surface area contributed by atoms with E-state index in [9.17, 15) is 9.59 Å². The van der Waals surface area contributed by atoms with Gasteiger partial charge in [-0.2, -0.15) is 0 Å². The molecule has 162 valence electrons. The first-order chi connectivity index (χ1) is 16.1. The van der Waals surface area contributed by atoms with Gasteiger partial charge in [0.2, 0.25) is 5.91 Å². The zero-order valence-corrected chi connectivity index (χ0v) is 18.8. The predicted octanol–water partition coefficient (Wildman–Crippen LogP) is 5.32. The minimum Gasteiger partial charge on any atom is -0.325 e. The van der Waals surface area contributed by atoms with E-state index in [2.05, 4.69) is 15.3 Å². The van der Waals surface area contributed by atoms with Crippen molar-refractivity contribution in [1.82, 2.24) is 14.5 Å². The first-order valence-electron chi connectivity index (χ1n) is 10.1. The fourth-order valence-electron chi connectivity index (χ4n) is 3.58. The van der Waals surface area contributed by atoms with Gasteiger partial charge in [-0.15, -0.1) is 0 Å². The number of amides is 1. The van der Waals surface area contributed by atoms with Gasteiger partial charge in [-0.1, -0.05) is 47.6 Å². The first-order valence-corrected chi connectivity index (χ1v) is 11.5. The number of fused-ring (bicyclic) bond motifs is 2. The van der Waals surface area contributed by atoms with E-state index in [-0.39, 0.29) is 17.2 Å². The number of benzene rings is 3. The molecule has 0 bridgehead atoms. The second-order valence-electron chi connectivity index (χ2n) is 7.24. The Bertz CT molecular complexity index is 1560. The Kier molecular flexibility index (Phi) is 5.81. The van der Waals surface area contributed by atoms with Crippen LogP contribution in [0.4, 0.5) is 5.69 Å². The van der Waals surface area contributed by atoms with Crippen molar-refractivity contribution in [3.8, 4) is 5.69 Å². The Hall–Kier alpha value is -3.68. The van der Waals surface area contributed by atoms with Crippen molar-refractivity contribution in [3.63, 3.8) is 0 Å². The summed E-state index contributed by atoms with van der Waals surface area (Å²) in [4.78, 5) is 35.1. The molecule has 33 heavy (non-hydrogen) atoms. The molecule has 2 aromatic heterocycles. The van der Waals surface area contributed by atoms with Gasteiger partial charge in [0.15, 0.2) is 5.16 Å². The summed E-state index contributed by atoms with van der Waals surface area (Å²) in [5, 5.41) is 5.21. The van der Waals surface area contributed by atoms with Crippen molar-refractivity contribution in [1.29, 1.82) is 0 Å². The monoisotopic (exact) mass is 472 g/mol. The molecule has 0 saturated heterocycles. The number of nitrogens with zero attached hydrogens (tertiary/aromatic N) is 3. The molecule has 2 heterocycles. The van der Waals surface area contributed by atoms with Crippen molar-refractivity contribution in [2.75, 3.05) is 11.1 Å². The summed E-state index contributed by atoms with van der Waals surface area (Å²) in [7, 11) is 0. The quantitative estimate of drug-likeness (QED) is 0.277. The number of carbonyl (C=O) groups is 1. The fraction of sp³-hybridized carbons (Fsp3) is 0.0400. The Balaban J connectivity index is 1.47. The zero-order chi connectivity index (χ0) is 22.8. The number of hydrogen-bond donors (Lipinski definition) is 1. The summed E-state index contributed by atoms with van der Waals surface area (Å²) in [6, 6.07) is 23.5. The Morgan fingerprint density at radius 3 is 2.61 bits per heavy atom. The number of halogens is 1. The number of para-hydroxylation sites is 1. The highest BCUT2D eigenvalue weighted by Gasteiger charge is 2.15. The minimum absolute atomic E-state index is 0.0714. The molecule has 0 aliphatic carbocycles. The molecule has 0 fully saturated rings. The molecular weight excluding hydrogens is 456 g/mol. The lowest BCUT2D eigenvalue weighted by Gasteiger charge is -2.14. The summed E-state index contributed by atoms with van der Waals surface area (Å²) >= 11 is 7.36. The fourth-order valence-corrected chi connectivity index (χ4v) is 4.58. The van der Waals surface area contributed by atoms with Crippen LogP contribution in [0.5, 0.6) is 0 Å². The highest BCUT2D eigenvalue weighted by molar-refractivity contribution is 7.99. The van der Waals surface area contributed by atoms with E-state index in [1.54, 1.807) is 48.7 Å². The first kappa shape index (κ1) is 21.2. The number of carbonyl (C=O) groups excluding carboxylic acids is 1. The standard InChI is InChI=1S/C25H17ClN4O2S/c26-16-6-3-7-17(14-16)30-24(32)19-8-1-2-10-22(19)29-25(30)33-15-23(31)28-21-12-4-11-20-18(21)9-5-13-27-20/h1-14H,15H2,(H,28,31). The third-order valence-electron chi connectivity index (χ3n) is 5.06. The molecule has 1 N–H and O–H groups in total. The Morgan fingerprint density at radius 2 is 1.73 bits per heavy atom. The lowest BCUT2D eigenvalue weighted by molar-refractivity contribution is -0.113. The van der Waals surface area contributed by atoms with Crippen LogP contribution in [0.25, 0.3) is 27.5 Å². The lowest BCUT2D eigenvalue weighted by Crippen LogP contribution is -2.23. The number of pyridine rings is 1. The van der Waals surface area contributed by atoms with Gasteiger partial charge in [0, 0.05) is 16.6 Å². The molecule has 6 nitrogen and oxygen atoms in total. The van der Waals surface area contributed by atoms with Crippen molar-refractivity contribution in [2.45, 2.75) is 5.16 Å². The molecule has 3 aromatic carbocycles. The maximum absolute atomic E-state index is 13.3. The largest absolute Gasteiger partial charge is 0.325 e. The van der Waals surface area contributed by atoms with Crippen LogP contribution in [-0.2, 0) is 4.79 Å². The van der Waals surface area contributed by atoms with E-state index in [0.29, 0.717) is 32.5 Å². The highest BCUT2D eigenvalue weighted by Crippen LogP contribution is 2.25. The smallest absolute Gasteiger partial charge is 0.266 e. The second kappa shape index (κ2) is 9.05. The number of nitrogens with one attached hydrogen (secondary N) is 1. The summed E-state index contributed by atoms with van der Waals surface area (Å²) in [6.07, 6.45) is 1.71. The average Bonchev–Trinajstić information content (AvgIpc) is 2.83. The van der Waals surface area contributed by atoms with E-state index < -0.39 is 0 Å². The summed E-state index contributed by atoms with van der Waals surface area (Å²) < 4.78 is 1.49. The molecule has 5 rings (SSSR count). The number of hydrogen-bond acceptors (Lipinski definition) is 5. The maximum Gasteiger partial charge on any atom is 0.266 e. The Morgan fingerprint density at radius 1 is 0.939 bits per heavy atom. The molecule has 0 saturated carbocycles. The molecule has 0 radical (unpaired) electrons. The van der Waals surface area contributed by atoms with Crippen LogP contribution in [0, 0.1) is 0 Å². The van der Waals surface area contributed by atoms with Crippen molar-refractivity contribution in [3.05, 3.63) is 100 Å². The van der Waals surface area contributed by atoms with Gasteiger partial charge < -0.3 is 5.32 Å². The van der Waals surface area contributed by atoms with Crippen molar-refractivity contribution in [2.24, 2.45) is 0 Å². The van der Waals surface area contributed by atoms with Crippen LogP contribution in [-0.4, -0.2) is 26.2 Å². The third-order valence-corrected chi connectivity index (χ3v) is 6.24. The zero-order valence-electron chi connectivity index (χ0n) is 17.2. The molecule has 1 amide bonds. The molecule has 0 atom stereocenters. The second-order valence-corrected chi connectivity index (χ2v) is 8.62. The van der Waals surface area contributed by atoms with Crippen LogP contribution in [0.2, 0.25) is 5.02 Å². The lowest BCUT2D eigenvalue weighted by atomic mass is 10.2. The summed E-state index contributed by atoms with van der Waals surface area (Å²) in [6.45, 7) is 0. The van der Waals surface area contributed by atoms with Crippen LogP contribution in [0.3, 0.4) is 0 Å². The number of anilines is 1. The number of rotatable bonds is 5. The van der Waals surface area contributed by atoms with Gasteiger partial charge in [0.1, 0.15) is 0 Å². The SMILES string of the molecule is O=C(CSc1nc2ccccc2c(=O)n1-c1cccc(Cl)c1)Nc1cccc2ncccc12. The van der Waals surface area contributed by atoms with Crippen molar-refractivity contribution >= 4 is 56.8 Å². The van der Waals surface area contributed by atoms with Gasteiger partial charge >= 0.3 is 0 Å². The van der Waals surface area contributed by atoms with E-state index in [4.69, 9.17) is 11.6 Å². The van der Waals surface area contributed by atoms with Gasteiger partial charge in [0.25, 0.3) is 5.56 Å². The van der Waals surface area contributed by atoms with Crippen LogP contribution in [0.15, 0.2) is 95.0 Å². The van der Waals surface area contributed by atoms with E-state index in [1.807, 2.05) is 36.4 Å². The maximum atomic E-state index is 13.3. The summed E-state index contributed by atoms with van der Waals surface area (Å²) in [5.41, 5.74) is 2.43. The predicted molar refractivity (Wildman–Crippen MR) is 133 cm³/mol. The minimum atomic E-state index is -0.217. The Labute approximate surface area is 198 Å². The van der Waals surface area contributed by atoms with E-state index in [0.717, 1.165) is 10.9 Å². The van der Waals surface area contributed by atoms with Crippen molar-refractivity contribution < 1.29 is 4.79 Å². The van der Waals surface area contributed by atoms with Crippen LogP contribution < -0.4 is 10.9 Å². The van der Waals surface area contributed by atoms with Crippen LogP contribution >= 0.6 is 23.4 Å². The molecule has 8 heteroatoms. The number of thioether (sulfide) groups is 1. The molecular formula is C25H17ClN4O2S. The average molecular weight is 473 g/mol. The molecule has 0 aliphatic heterocycles. The van der Waals surface area contributed by atoms with Gasteiger partial charge in [-0.25, -0.2) is 4.98 Å². The normalized spacial score (nSPS) is 11.1. The van der Waals surface area contributed by atoms with E-state index in [1.165, 1.54) is 16.3 Å². The van der Waals surface area contributed by atoms with Crippen LogP contribution in [0.1, 0.15) is 0 Å². The summed E-state index contributed by atoms with van der Waals surface area (Å²) in [5.74, 6) is -0.140. The molecule has 0 unspecified atom stereocenters. The number of aromatic nitrogens is 3. The van der Waals surface area contributed by atoms with Gasteiger partial charge in [-0.3, -0.25) is 19.1 Å². The molecule has 0 aliphatic rings. The van der Waals surface area contributed by atoms with E-state index >= 15 is 0 Å². The molecule has 0 spiro atoms. The third kappa shape index (κ3) is 4.33. The van der Waals surface area contributed by atoms with Gasteiger partial charge in [0.05, 0.1) is 33.5 Å². The topological polar surface area (TPSA) is 76.9 Å². The molecule has 5 aromatic rings. The highest BCUT2D eigenvalue weighted by atomic mass is 35.5.